The molecule has 0 aromatic carbocycles. The highest BCUT2D eigenvalue weighted by atomic mass is 79.9. The van der Waals surface area contributed by atoms with E-state index in [9.17, 15) is 4.79 Å². The molecule has 0 saturated carbocycles. The number of carbonyl (C=O) groups is 1. The topological polar surface area (TPSA) is 71.5 Å². The maximum Gasteiger partial charge on any atom is 0.329 e. The molecule has 0 amide bonds. The van der Waals surface area contributed by atoms with Crippen LogP contribution in [0.5, 0.6) is 0 Å². The van der Waals surface area contributed by atoms with Crippen LogP contribution >= 0.6 is 15.9 Å². The van der Waals surface area contributed by atoms with Crippen molar-refractivity contribution < 1.29 is 14.6 Å². The average Bonchev–Trinajstić information content (AvgIpc) is 2.38. The van der Waals surface area contributed by atoms with E-state index >= 15 is 0 Å². The first-order valence-electron chi connectivity index (χ1n) is 5.81. The van der Waals surface area contributed by atoms with Gasteiger partial charge in [-0.2, -0.15) is 0 Å². The van der Waals surface area contributed by atoms with E-state index in [1.165, 1.54) is 0 Å². The summed E-state index contributed by atoms with van der Waals surface area (Å²) in [6.45, 7) is 1.23. The summed E-state index contributed by atoms with van der Waals surface area (Å²) in [5.41, 5.74) is 0.294. The van der Waals surface area contributed by atoms with E-state index < -0.39 is 11.6 Å². The third-order valence-corrected chi connectivity index (χ3v) is 3.70. The standard InChI is InChI=1S/C12H15BrN2O3/c13-11-9(3-1-6-15-11)12(18-7-10(16)17)4-2-5-14-8-12/h1,3,6,14H,2,4-5,7-8H2,(H,16,17). The van der Waals surface area contributed by atoms with E-state index in [-0.39, 0.29) is 6.61 Å². The van der Waals surface area contributed by atoms with Crippen molar-refractivity contribution in [3.63, 3.8) is 0 Å². The molecule has 0 bridgehead atoms. The fraction of sp³-hybridized carbons (Fsp3) is 0.500. The Bertz CT molecular complexity index is 433. The van der Waals surface area contributed by atoms with Crippen LogP contribution in [-0.4, -0.2) is 35.8 Å². The highest BCUT2D eigenvalue weighted by Crippen LogP contribution is 2.35. The Labute approximate surface area is 114 Å². The molecule has 2 rings (SSSR count). The minimum absolute atomic E-state index is 0.303. The van der Waals surface area contributed by atoms with E-state index in [4.69, 9.17) is 9.84 Å². The Morgan fingerprint density at radius 2 is 2.50 bits per heavy atom. The minimum atomic E-state index is -0.958. The number of aromatic nitrogens is 1. The van der Waals surface area contributed by atoms with Gasteiger partial charge < -0.3 is 15.2 Å². The van der Waals surface area contributed by atoms with Crippen LogP contribution in [0.4, 0.5) is 0 Å². The largest absolute Gasteiger partial charge is 0.480 e. The lowest BCUT2D eigenvalue weighted by Crippen LogP contribution is -2.46. The first-order chi connectivity index (χ1) is 8.64. The second kappa shape index (κ2) is 5.77. The maximum atomic E-state index is 10.7. The number of ether oxygens (including phenoxy) is 1. The monoisotopic (exact) mass is 314 g/mol. The predicted molar refractivity (Wildman–Crippen MR) is 69.3 cm³/mol. The Kier molecular flexibility index (Phi) is 4.31. The molecule has 0 spiro atoms. The van der Waals surface area contributed by atoms with Crippen molar-refractivity contribution in [1.82, 2.24) is 10.3 Å². The normalized spacial score (nSPS) is 23.8. The Hall–Kier alpha value is -0.980. The van der Waals surface area contributed by atoms with Crippen molar-refractivity contribution in [3.8, 4) is 0 Å². The smallest absolute Gasteiger partial charge is 0.329 e. The number of pyridine rings is 1. The molecule has 0 radical (unpaired) electrons. The van der Waals surface area contributed by atoms with Crippen molar-refractivity contribution in [2.45, 2.75) is 18.4 Å². The van der Waals surface area contributed by atoms with Gasteiger partial charge in [-0.1, -0.05) is 6.07 Å². The van der Waals surface area contributed by atoms with Crippen molar-refractivity contribution in [2.24, 2.45) is 0 Å². The fourth-order valence-electron chi connectivity index (χ4n) is 2.23. The summed E-state index contributed by atoms with van der Waals surface area (Å²) in [6.07, 6.45) is 3.42. The van der Waals surface area contributed by atoms with Gasteiger partial charge in [-0.25, -0.2) is 9.78 Å². The molecule has 1 fully saturated rings. The maximum absolute atomic E-state index is 10.7. The van der Waals surface area contributed by atoms with Gasteiger partial charge >= 0.3 is 5.97 Å². The van der Waals surface area contributed by atoms with Crippen molar-refractivity contribution in [2.75, 3.05) is 19.7 Å². The molecule has 6 heteroatoms. The zero-order valence-corrected chi connectivity index (χ0v) is 11.4. The van der Waals surface area contributed by atoms with Crippen LogP contribution in [0.25, 0.3) is 0 Å². The summed E-state index contributed by atoms with van der Waals surface area (Å²) >= 11 is 3.41. The first-order valence-corrected chi connectivity index (χ1v) is 6.61. The van der Waals surface area contributed by atoms with Gasteiger partial charge in [0.1, 0.15) is 16.8 Å². The molecule has 5 nitrogen and oxygen atoms in total. The molecule has 2 heterocycles. The molecular formula is C12H15BrN2O3. The van der Waals surface area contributed by atoms with E-state index in [1.54, 1.807) is 6.20 Å². The van der Waals surface area contributed by atoms with Gasteiger partial charge in [0.15, 0.2) is 0 Å². The third kappa shape index (κ3) is 2.88. The van der Waals surface area contributed by atoms with Gasteiger partial charge in [0, 0.05) is 18.3 Å². The molecule has 1 atom stereocenters. The summed E-state index contributed by atoms with van der Waals surface area (Å²) in [5.74, 6) is -0.958. The van der Waals surface area contributed by atoms with Crippen LogP contribution < -0.4 is 5.32 Å². The molecule has 1 aliphatic heterocycles. The summed E-state index contributed by atoms with van der Waals surface area (Å²) in [4.78, 5) is 14.9. The number of carboxylic acids is 1. The molecule has 0 aliphatic carbocycles. The number of hydrogen-bond donors (Lipinski definition) is 2. The average molecular weight is 315 g/mol. The molecule has 1 aromatic heterocycles. The molecule has 1 unspecified atom stereocenters. The van der Waals surface area contributed by atoms with Crippen molar-refractivity contribution in [1.29, 1.82) is 0 Å². The zero-order valence-electron chi connectivity index (χ0n) is 9.86. The number of hydrogen-bond acceptors (Lipinski definition) is 4. The Morgan fingerprint density at radius 1 is 1.67 bits per heavy atom. The van der Waals surface area contributed by atoms with Crippen molar-refractivity contribution in [3.05, 3.63) is 28.5 Å². The summed E-state index contributed by atoms with van der Waals surface area (Å²) < 4.78 is 6.37. The van der Waals surface area contributed by atoms with Gasteiger partial charge in [-0.15, -0.1) is 0 Å². The zero-order chi connectivity index (χ0) is 13.0. The van der Waals surface area contributed by atoms with Gasteiger partial charge in [-0.3, -0.25) is 0 Å². The predicted octanol–water partition coefficient (Wildman–Crippen LogP) is 1.52. The number of aliphatic carboxylic acids is 1. The lowest BCUT2D eigenvalue weighted by atomic mass is 9.87. The third-order valence-electron chi connectivity index (χ3n) is 3.07. The SMILES string of the molecule is O=C(O)COC1(c2cccnc2Br)CCCNC1. The van der Waals surface area contributed by atoms with E-state index in [1.807, 2.05) is 12.1 Å². The summed E-state index contributed by atoms with van der Waals surface area (Å²) in [5, 5.41) is 12.1. The van der Waals surface area contributed by atoms with Crippen LogP contribution in [0.15, 0.2) is 22.9 Å². The molecular weight excluding hydrogens is 300 g/mol. The molecule has 98 valence electrons. The minimum Gasteiger partial charge on any atom is -0.480 e. The number of carboxylic acid groups (broad SMARTS) is 1. The highest BCUT2D eigenvalue weighted by molar-refractivity contribution is 9.10. The molecule has 1 aliphatic rings. The number of halogens is 1. The lowest BCUT2D eigenvalue weighted by Gasteiger charge is -2.37. The van der Waals surface area contributed by atoms with E-state index in [0.29, 0.717) is 11.1 Å². The molecule has 18 heavy (non-hydrogen) atoms. The van der Waals surface area contributed by atoms with Crippen molar-refractivity contribution >= 4 is 21.9 Å². The first kappa shape index (κ1) is 13.5. The van der Waals surface area contributed by atoms with Crippen LogP contribution in [0, 0.1) is 0 Å². The van der Waals surface area contributed by atoms with E-state index in [2.05, 4.69) is 26.2 Å². The van der Waals surface area contributed by atoms with Crippen LogP contribution in [0.1, 0.15) is 18.4 Å². The molecule has 2 N–H and O–H groups in total. The number of rotatable bonds is 4. The highest BCUT2D eigenvalue weighted by Gasteiger charge is 2.37. The fourth-order valence-corrected chi connectivity index (χ4v) is 2.85. The quantitative estimate of drug-likeness (QED) is 0.825. The van der Waals surface area contributed by atoms with Gasteiger partial charge in [-0.05, 0) is 41.4 Å². The number of nitrogens with one attached hydrogen (secondary N) is 1. The van der Waals surface area contributed by atoms with Crippen LogP contribution in [0.2, 0.25) is 0 Å². The summed E-state index contributed by atoms with van der Waals surface area (Å²) in [7, 11) is 0. The number of nitrogens with zero attached hydrogens (tertiary/aromatic N) is 1. The second-order valence-electron chi connectivity index (χ2n) is 4.30. The van der Waals surface area contributed by atoms with Crippen LogP contribution in [0.3, 0.4) is 0 Å². The lowest BCUT2D eigenvalue weighted by molar-refractivity contribution is -0.152. The number of piperidine rings is 1. The molecule has 1 aromatic rings. The van der Waals surface area contributed by atoms with Gasteiger partial charge in [0.05, 0.1) is 0 Å². The van der Waals surface area contributed by atoms with E-state index in [0.717, 1.165) is 24.9 Å². The van der Waals surface area contributed by atoms with Crippen LogP contribution in [-0.2, 0) is 15.1 Å². The van der Waals surface area contributed by atoms with Gasteiger partial charge in [0.25, 0.3) is 0 Å². The molecule has 1 saturated heterocycles. The summed E-state index contributed by atoms with van der Waals surface area (Å²) in [6, 6.07) is 3.76. The Balaban J connectivity index is 2.29. The second-order valence-corrected chi connectivity index (χ2v) is 5.05. The Morgan fingerprint density at radius 3 is 3.11 bits per heavy atom. The van der Waals surface area contributed by atoms with Gasteiger partial charge in [0.2, 0.25) is 0 Å².